The van der Waals surface area contributed by atoms with Crippen molar-refractivity contribution in [2.45, 2.75) is 25.2 Å². The standard InChI is InChI=1S/C20H23F3N2O.ClH/c21-20(22,23)14-19(25-11-9-24-10-12-25)17-7-4-8-18(13-17)26-15-16-5-2-1-3-6-16;/h1-8,13,19,24H,9-12,14-15H2;1H/t19-;/m0./s1. The summed E-state index contributed by atoms with van der Waals surface area (Å²) in [7, 11) is 0. The SMILES string of the molecule is Cl.FC(F)(F)C[C@@H](c1cccc(OCc2ccccc2)c1)N1CCNCC1. The van der Waals surface area contributed by atoms with Gasteiger partial charge in [0.2, 0.25) is 0 Å². The molecule has 1 fully saturated rings. The lowest BCUT2D eigenvalue weighted by molar-refractivity contribution is -0.148. The van der Waals surface area contributed by atoms with Crippen molar-refractivity contribution in [1.82, 2.24) is 10.2 Å². The lowest BCUT2D eigenvalue weighted by Crippen LogP contribution is -2.46. The van der Waals surface area contributed by atoms with Crippen LogP contribution in [0.25, 0.3) is 0 Å². The molecule has 1 atom stereocenters. The number of alkyl halides is 3. The first-order valence-electron chi connectivity index (χ1n) is 8.79. The fraction of sp³-hybridized carbons (Fsp3) is 0.400. The number of ether oxygens (including phenoxy) is 1. The molecule has 0 radical (unpaired) electrons. The Labute approximate surface area is 163 Å². The largest absolute Gasteiger partial charge is 0.489 e. The molecule has 1 heterocycles. The van der Waals surface area contributed by atoms with E-state index in [4.69, 9.17) is 4.74 Å². The van der Waals surface area contributed by atoms with Gasteiger partial charge >= 0.3 is 6.18 Å². The normalized spacial score (nSPS) is 16.4. The van der Waals surface area contributed by atoms with Gasteiger partial charge in [-0.2, -0.15) is 13.2 Å². The van der Waals surface area contributed by atoms with E-state index in [0.29, 0.717) is 44.1 Å². The third kappa shape index (κ3) is 6.72. The second-order valence-electron chi connectivity index (χ2n) is 6.47. The van der Waals surface area contributed by atoms with E-state index >= 15 is 0 Å². The van der Waals surface area contributed by atoms with Crippen LogP contribution in [0.2, 0.25) is 0 Å². The Morgan fingerprint density at radius 2 is 1.70 bits per heavy atom. The summed E-state index contributed by atoms with van der Waals surface area (Å²) in [5.41, 5.74) is 1.67. The minimum Gasteiger partial charge on any atom is -0.489 e. The molecule has 1 N–H and O–H groups in total. The van der Waals surface area contributed by atoms with Gasteiger partial charge in [0, 0.05) is 32.2 Å². The summed E-state index contributed by atoms with van der Waals surface area (Å²) in [5.74, 6) is 0.591. The van der Waals surface area contributed by atoms with Crippen LogP contribution in [0.3, 0.4) is 0 Å². The molecule has 0 amide bonds. The van der Waals surface area contributed by atoms with Crippen molar-refractivity contribution in [3.05, 3.63) is 65.7 Å². The second kappa shape index (κ2) is 9.97. The monoisotopic (exact) mass is 400 g/mol. The van der Waals surface area contributed by atoms with Crippen molar-refractivity contribution in [2.75, 3.05) is 26.2 Å². The number of rotatable bonds is 6. The van der Waals surface area contributed by atoms with E-state index in [2.05, 4.69) is 5.32 Å². The number of nitrogens with zero attached hydrogens (tertiary/aromatic N) is 1. The third-order valence-corrected chi connectivity index (χ3v) is 4.51. The van der Waals surface area contributed by atoms with Gasteiger partial charge in [0.05, 0.1) is 6.42 Å². The molecule has 1 saturated heterocycles. The van der Waals surface area contributed by atoms with E-state index in [-0.39, 0.29) is 12.4 Å². The van der Waals surface area contributed by atoms with E-state index in [9.17, 15) is 13.2 Å². The molecule has 27 heavy (non-hydrogen) atoms. The van der Waals surface area contributed by atoms with Crippen LogP contribution in [0.5, 0.6) is 5.75 Å². The molecule has 1 aliphatic heterocycles. The topological polar surface area (TPSA) is 24.5 Å². The summed E-state index contributed by atoms with van der Waals surface area (Å²) in [6.45, 7) is 3.02. The Hall–Kier alpha value is -1.76. The molecule has 148 valence electrons. The molecule has 0 saturated carbocycles. The van der Waals surface area contributed by atoms with Crippen LogP contribution >= 0.6 is 12.4 Å². The smallest absolute Gasteiger partial charge is 0.390 e. The summed E-state index contributed by atoms with van der Waals surface area (Å²) >= 11 is 0. The van der Waals surface area contributed by atoms with Crippen LogP contribution in [0.15, 0.2) is 54.6 Å². The van der Waals surface area contributed by atoms with Crippen molar-refractivity contribution < 1.29 is 17.9 Å². The molecule has 0 aliphatic carbocycles. The maximum absolute atomic E-state index is 13.1. The maximum Gasteiger partial charge on any atom is 0.390 e. The minimum absolute atomic E-state index is 0. The Morgan fingerprint density at radius 1 is 1.00 bits per heavy atom. The highest BCUT2D eigenvalue weighted by Crippen LogP contribution is 2.35. The van der Waals surface area contributed by atoms with Crippen LogP contribution in [0.1, 0.15) is 23.6 Å². The number of hydrogen-bond donors (Lipinski definition) is 1. The van der Waals surface area contributed by atoms with Crippen LogP contribution in [0.4, 0.5) is 13.2 Å². The van der Waals surface area contributed by atoms with Crippen molar-refractivity contribution >= 4 is 12.4 Å². The molecular formula is C20H24ClF3N2O. The quantitative estimate of drug-likeness (QED) is 0.767. The van der Waals surface area contributed by atoms with Crippen molar-refractivity contribution in [3.63, 3.8) is 0 Å². The molecule has 2 aromatic rings. The highest BCUT2D eigenvalue weighted by atomic mass is 35.5. The molecule has 3 nitrogen and oxygen atoms in total. The Bertz CT molecular complexity index is 691. The van der Waals surface area contributed by atoms with Crippen LogP contribution in [-0.2, 0) is 6.61 Å². The fourth-order valence-corrected chi connectivity index (χ4v) is 3.22. The molecule has 0 aromatic heterocycles. The van der Waals surface area contributed by atoms with Gasteiger partial charge in [-0.15, -0.1) is 12.4 Å². The summed E-state index contributed by atoms with van der Waals surface area (Å²) in [6.07, 6.45) is -5.06. The molecule has 2 aromatic carbocycles. The Balaban J connectivity index is 0.00000261. The lowest BCUT2D eigenvalue weighted by atomic mass is 10.0. The van der Waals surface area contributed by atoms with Gasteiger partial charge in [-0.05, 0) is 23.3 Å². The van der Waals surface area contributed by atoms with Crippen LogP contribution < -0.4 is 10.1 Å². The van der Waals surface area contributed by atoms with E-state index in [1.54, 1.807) is 24.3 Å². The van der Waals surface area contributed by atoms with Crippen LogP contribution in [0, 0.1) is 0 Å². The van der Waals surface area contributed by atoms with Gasteiger partial charge in [0.25, 0.3) is 0 Å². The van der Waals surface area contributed by atoms with Gasteiger partial charge in [-0.3, -0.25) is 4.90 Å². The Kier molecular flexibility index (Phi) is 7.95. The van der Waals surface area contributed by atoms with Crippen LogP contribution in [-0.4, -0.2) is 37.3 Å². The van der Waals surface area contributed by atoms with Gasteiger partial charge in [0.15, 0.2) is 0 Å². The van der Waals surface area contributed by atoms with Gasteiger partial charge in [0.1, 0.15) is 12.4 Å². The first-order chi connectivity index (χ1) is 12.5. The average Bonchev–Trinajstić information content (AvgIpc) is 2.66. The predicted molar refractivity (Wildman–Crippen MR) is 102 cm³/mol. The lowest BCUT2D eigenvalue weighted by Gasteiger charge is -2.35. The molecule has 0 spiro atoms. The van der Waals surface area contributed by atoms with E-state index in [0.717, 1.165) is 5.56 Å². The van der Waals surface area contributed by atoms with E-state index in [1.807, 2.05) is 35.2 Å². The summed E-state index contributed by atoms with van der Waals surface area (Å²) in [5, 5.41) is 3.19. The zero-order valence-corrected chi connectivity index (χ0v) is 15.7. The number of piperazine rings is 1. The zero-order chi connectivity index (χ0) is 18.4. The maximum atomic E-state index is 13.1. The van der Waals surface area contributed by atoms with Gasteiger partial charge in [-0.25, -0.2) is 0 Å². The number of hydrogen-bond acceptors (Lipinski definition) is 3. The number of nitrogens with one attached hydrogen (secondary N) is 1. The summed E-state index contributed by atoms with van der Waals surface area (Å²) in [4.78, 5) is 1.90. The highest BCUT2D eigenvalue weighted by Gasteiger charge is 2.36. The number of halogens is 4. The Morgan fingerprint density at radius 3 is 2.37 bits per heavy atom. The van der Waals surface area contributed by atoms with E-state index < -0.39 is 18.6 Å². The molecule has 3 rings (SSSR count). The summed E-state index contributed by atoms with van der Waals surface area (Å²) in [6, 6.07) is 16.1. The average molecular weight is 401 g/mol. The molecule has 0 bridgehead atoms. The van der Waals surface area contributed by atoms with Gasteiger partial charge < -0.3 is 10.1 Å². The second-order valence-corrected chi connectivity index (χ2v) is 6.47. The first kappa shape index (κ1) is 21.5. The molecule has 0 unspecified atom stereocenters. The molecule has 7 heteroatoms. The molecular weight excluding hydrogens is 377 g/mol. The van der Waals surface area contributed by atoms with Gasteiger partial charge in [-0.1, -0.05) is 42.5 Å². The van der Waals surface area contributed by atoms with E-state index in [1.165, 1.54) is 0 Å². The predicted octanol–water partition coefficient (Wildman–Crippen LogP) is 4.59. The van der Waals surface area contributed by atoms with Crippen molar-refractivity contribution in [2.24, 2.45) is 0 Å². The van der Waals surface area contributed by atoms with Crippen molar-refractivity contribution in [1.29, 1.82) is 0 Å². The number of benzene rings is 2. The summed E-state index contributed by atoms with van der Waals surface area (Å²) < 4.78 is 45.2. The zero-order valence-electron chi connectivity index (χ0n) is 14.9. The first-order valence-corrected chi connectivity index (χ1v) is 8.79. The van der Waals surface area contributed by atoms with Crippen molar-refractivity contribution in [3.8, 4) is 5.75 Å². The fourth-order valence-electron chi connectivity index (χ4n) is 3.22. The highest BCUT2D eigenvalue weighted by molar-refractivity contribution is 5.85. The minimum atomic E-state index is -4.21. The third-order valence-electron chi connectivity index (χ3n) is 4.51. The molecule has 1 aliphatic rings.